The van der Waals surface area contributed by atoms with Crippen molar-refractivity contribution in [2.24, 2.45) is 0 Å². The third kappa shape index (κ3) is 4.50. The van der Waals surface area contributed by atoms with Gasteiger partial charge in [-0.2, -0.15) is 0 Å². The van der Waals surface area contributed by atoms with Gasteiger partial charge in [-0.3, -0.25) is 9.59 Å². The van der Waals surface area contributed by atoms with Crippen LogP contribution in [0.2, 0.25) is 5.02 Å². The smallest absolute Gasteiger partial charge is 0.264 e. The van der Waals surface area contributed by atoms with Crippen molar-refractivity contribution >= 4 is 56.2 Å². The van der Waals surface area contributed by atoms with Gasteiger partial charge in [0.25, 0.3) is 11.8 Å². The summed E-state index contributed by atoms with van der Waals surface area (Å²) < 4.78 is 0. The zero-order chi connectivity index (χ0) is 21.1. The molecule has 1 aromatic carbocycles. The fourth-order valence-corrected chi connectivity index (χ4v) is 5.36. The zero-order valence-electron chi connectivity index (χ0n) is 16.4. The summed E-state index contributed by atoms with van der Waals surface area (Å²) in [5.41, 5.74) is 1.27. The largest absolute Gasteiger partial charge is 0.346 e. The second-order valence-electron chi connectivity index (χ2n) is 7.00. The van der Waals surface area contributed by atoms with Gasteiger partial charge in [-0.05, 0) is 37.1 Å². The van der Waals surface area contributed by atoms with Gasteiger partial charge < -0.3 is 15.1 Å². The second-order valence-corrected chi connectivity index (χ2v) is 9.34. The predicted octanol–water partition coefficient (Wildman–Crippen LogP) is 4.77. The molecule has 4 rings (SSSR count). The second kappa shape index (κ2) is 9.16. The molecule has 6 nitrogen and oxygen atoms in total. The van der Waals surface area contributed by atoms with E-state index in [0.717, 1.165) is 30.2 Å². The molecule has 0 unspecified atom stereocenters. The van der Waals surface area contributed by atoms with Gasteiger partial charge in [0.2, 0.25) is 0 Å². The molecule has 9 heteroatoms. The van der Waals surface area contributed by atoms with Crippen LogP contribution in [0.4, 0.5) is 10.1 Å². The van der Waals surface area contributed by atoms with E-state index < -0.39 is 0 Å². The number of anilines is 2. The van der Waals surface area contributed by atoms with E-state index in [-0.39, 0.29) is 11.8 Å². The van der Waals surface area contributed by atoms with Gasteiger partial charge in [-0.15, -0.1) is 22.7 Å². The van der Waals surface area contributed by atoms with Crippen molar-refractivity contribution in [2.75, 3.05) is 36.4 Å². The first-order valence-electron chi connectivity index (χ1n) is 9.63. The molecule has 1 aliphatic heterocycles. The van der Waals surface area contributed by atoms with Crippen molar-refractivity contribution in [1.29, 1.82) is 0 Å². The lowest BCUT2D eigenvalue weighted by molar-refractivity contribution is 0.0771. The number of rotatable bonds is 4. The monoisotopic (exact) mass is 460 g/mol. The number of thiazole rings is 1. The zero-order valence-corrected chi connectivity index (χ0v) is 18.8. The summed E-state index contributed by atoms with van der Waals surface area (Å²) in [6.45, 7) is 4.91. The van der Waals surface area contributed by atoms with Gasteiger partial charge >= 0.3 is 0 Å². The van der Waals surface area contributed by atoms with Gasteiger partial charge in [-0.25, -0.2) is 4.98 Å². The van der Waals surface area contributed by atoms with Crippen LogP contribution in [0.3, 0.4) is 0 Å². The summed E-state index contributed by atoms with van der Waals surface area (Å²) in [6, 6.07) is 8.74. The van der Waals surface area contributed by atoms with Gasteiger partial charge in [0.15, 0.2) is 5.13 Å². The Hall–Kier alpha value is -2.42. The number of carbonyl (C=O) groups excluding carboxylic acids is 2. The maximum Gasteiger partial charge on any atom is 0.264 e. The summed E-state index contributed by atoms with van der Waals surface area (Å²) >= 11 is 9.04. The average molecular weight is 461 g/mol. The quantitative estimate of drug-likeness (QED) is 0.609. The molecule has 156 valence electrons. The van der Waals surface area contributed by atoms with Gasteiger partial charge in [0.05, 0.1) is 20.5 Å². The lowest BCUT2D eigenvalue weighted by atomic mass is 10.2. The van der Waals surface area contributed by atoms with Crippen LogP contribution in [0.5, 0.6) is 0 Å². The topological polar surface area (TPSA) is 65.5 Å². The lowest BCUT2D eigenvalue weighted by Gasteiger charge is -2.21. The molecule has 3 aromatic rings. The molecule has 3 heterocycles. The maximum atomic E-state index is 13.2. The maximum absolute atomic E-state index is 13.2. The first-order chi connectivity index (χ1) is 14.5. The van der Waals surface area contributed by atoms with Gasteiger partial charge in [0, 0.05) is 37.8 Å². The van der Waals surface area contributed by atoms with E-state index in [2.05, 4.69) is 15.2 Å². The third-order valence-corrected chi connectivity index (χ3v) is 7.24. The molecule has 2 aromatic heterocycles. The van der Waals surface area contributed by atoms with Crippen LogP contribution in [0, 0.1) is 6.92 Å². The first kappa shape index (κ1) is 20.8. The predicted molar refractivity (Wildman–Crippen MR) is 123 cm³/mol. The highest BCUT2D eigenvalue weighted by Crippen LogP contribution is 2.29. The van der Waals surface area contributed by atoms with Crippen molar-refractivity contribution in [3.05, 3.63) is 62.9 Å². The average Bonchev–Trinajstić information content (AvgIpc) is 3.32. The van der Waals surface area contributed by atoms with Crippen molar-refractivity contribution < 1.29 is 9.59 Å². The standard InChI is InChI=1S/C21H21ClN4O2S2/c1-14-13-17(24-19(27)15-5-2-3-6-16(15)22)30-18(14)20(28)25-8-4-9-26(11-10-25)21-23-7-12-29-21/h2-3,5-7,12-13H,4,8-11H2,1H3,(H,24,27). The van der Waals surface area contributed by atoms with Crippen molar-refractivity contribution in [3.8, 4) is 0 Å². The first-order valence-corrected chi connectivity index (χ1v) is 11.7. The van der Waals surface area contributed by atoms with E-state index in [1.165, 1.54) is 11.3 Å². The minimum atomic E-state index is -0.283. The number of aromatic nitrogens is 1. The molecule has 1 aliphatic rings. The summed E-state index contributed by atoms with van der Waals surface area (Å²) in [5.74, 6) is -0.272. The molecule has 1 saturated heterocycles. The highest BCUT2D eigenvalue weighted by Gasteiger charge is 2.24. The molecule has 1 fully saturated rings. The molecular formula is C21H21ClN4O2S2. The van der Waals surface area contributed by atoms with Crippen LogP contribution in [-0.4, -0.2) is 47.9 Å². The number of hydrogen-bond acceptors (Lipinski definition) is 6. The van der Waals surface area contributed by atoms with E-state index in [4.69, 9.17) is 11.6 Å². The van der Waals surface area contributed by atoms with Crippen LogP contribution < -0.4 is 10.2 Å². The fourth-order valence-electron chi connectivity index (χ4n) is 3.41. The van der Waals surface area contributed by atoms with Crippen molar-refractivity contribution in [1.82, 2.24) is 9.88 Å². The molecule has 2 amide bonds. The molecule has 0 aliphatic carbocycles. The Labute approximate surface area is 188 Å². The number of carbonyl (C=O) groups is 2. The number of nitrogens with one attached hydrogen (secondary N) is 1. The Morgan fingerprint density at radius 2 is 2.00 bits per heavy atom. The molecule has 0 bridgehead atoms. The van der Waals surface area contributed by atoms with Crippen molar-refractivity contribution in [3.63, 3.8) is 0 Å². The van der Waals surface area contributed by atoms with Crippen LogP contribution >= 0.6 is 34.3 Å². The number of halogens is 1. The summed E-state index contributed by atoms with van der Waals surface area (Å²) in [7, 11) is 0. The Morgan fingerprint density at radius 1 is 1.17 bits per heavy atom. The number of amides is 2. The number of thiophene rings is 1. The molecular weight excluding hydrogens is 440 g/mol. The minimum Gasteiger partial charge on any atom is -0.346 e. The van der Waals surface area contributed by atoms with E-state index in [1.54, 1.807) is 41.8 Å². The van der Waals surface area contributed by atoms with E-state index in [0.29, 0.717) is 33.6 Å². The van der Waals surface area contributed by atoms with E-state index in [9.17, 15) is 9.59 Å². The number of nitrogens with zero attached hydrogens (tertiary/aromatic N) is 3. The molecule has 1 N–H and O–H groups in total. The Kier molecular flexibility index (Phi) is 6.36. The van der Waals surface area contributed by atoms with E-state index in [1.807, 2.05) is 23.3 Å². The third-order valence-electron chi connectivity index (χ3n) is 4.94. The fraction of sp³-hybridized carbons (Fsp3) is 0.286. The summed E-state index contributed by atoms with van der Waals surface area (Å²) in [4.78, 5) is 34.9. The molecule has 0 atom stereocenters. The normalized spacial score (nSPS) is 14.5. The number of aryl methyl sites for hydroxylation is 1. The number of benzene rings is 1. The van der Waals surface area contributed by atoms with Gasteiger partial charge in [0.1, 0.15) is 0 Å². The number of hydrogen-bond donors (Lipinski definition) is 1. The summed E-state index contributed by atoms with van der Waals surface area (Å²) in [6.07, 6.45) is 2.70. The van der Waals surface area contributed by atoms with Crippen molar-refractivity contribution in [2.45, 2.75) is 13.3 Å². The molecule has 30 heavy (non-hydrogen) atoms. The Morgan fingerprint density at radius 3 is 2.77 bits per heavy atom. The Balaban J connectivity index is 1.44. The van der Waals surface area contributed by atoms with Gasteiger partial charge in [-0.1, -0.05) is 23.7 Å². The summed E-state index contributed by atoms with van der Waals surface area (Å²) in [5, 5.41) is 6.87. The Bertz CT molecular complexity index is 1050. The highest BCUT2D eigenvalue weighted by atomic mass is 35.5. The minimum absolute atomic E-state index is 0.0109. The van der Waals surface area contributed by atoms with Crippen LogP contribution in [-0.2, 0) is 0 Å². The molecule has 0 spiro atoms. The lowest BCUT2D eigenvalue weighted by Crippen LogP contribution is -2.35. The van der Waals surface area contributed by atoms with Crippen LogP contribution in [0.15, 0.2) is 41.9 Å². The van der Waals surface area contributed by atoms with E-state index >= 15 is 0 Å². The molecule has 0 saturated carbocycles. The molecule has 0 radical (unpaired) electrons. The SMILES string of the molecule is Cc1cc(NC(=O)c2ccccc2Cl)sc1C(=O)N1CCCN(c2nccs2)CC1. The highest BCUT2D eigenvalue weighted by molar-refractivity contribution is 7.18. The van der Waals surface area contributed by atoms with Crippen LogP contribution in [0.1, 0.15) is 32.0 Å². The van der Waals surface area contributed by atoms with Crippen LogP contribution in [0.25, 0.3) is 0 Å².